The number of aryl methyl sites for hydroxylation is 1. The van der Waals surface area contributed by atoms with E-state index in [2.05, 4.69) is 19.1 Å². The third-order valence-corrected chi connectivity index (χ3v) is 3.26. The molecule has 2 N–H and O–H groups in total. The molecule has 0 saturated carbocycles. The van der Waals surface area contributed by atoms with Gasteiger partial charge in [-0.2, -0.15) is 0 Å². The second-order valence-corrected chi connectivity index (χ2v) is 4.90. The van der Waals surface area contributed by atoms with Gasteiger partial charge >= 0.3 is 0 Å². The van der Waals surface area contributed by atoms with Crippen molar-refractivity contribution in [3.63, 3.8) is 0 Å². The Kier molecular flexibility index (Phi) is 6.10. The van der Waals surface area contributed by atoms with Crippen LogP contribution in [-0.2, 0) is 13.0 Å². The van der Waals surface area contributed by atoms with Gasteiger partial charge in [-0.15, -0.1) is 0 Å². The lowest BCUT2D eigenvalue weighted by Gasteiger charge is -2.11. The molecule has 0 aliphatic heterocycles. The van der Waals surface area contributed by atoms with E-state index in [0.29, 0.717) is 19.8 Å². The topological polar surface area (TPSA) is 44.5 Å². The number of hydrogen-bond acceptors (Lipinski definition) is 3. The summed E-state index contributed by atoms with van der Waals surface area (Å²) in [5.74, 6) is 1.72. The van der Waals surface area contributed by atoms with Gasteiger partial charge in [0, 0.05) is 12.1 Å². The Morgan fingerprint density at radius 3 is 2.33 bits per heavy atom. The van der Waals surface area contributed by atoms with Gasteiger partial charge in [-0.3, -0.25) is 0 Å². The minimum absolute atomic E-state index is 0.482. The smallest absolute Gasteiger partial charge is 0.123 e. The molecule has 0 unspecified atom stereocenters. The van der Waals surface area contributed by atoms with E-state index in [9.17, 15) is 0 Å². The first-order valence-corrected chi connectivity index (χ1v) is 7.46. The van der Waals surface area contributed by atoms with Gasteiger partial charge < -0.3 is 15.2 Å². The molecular formula is C18H23NO2. The van der Waals surface area contributed by atoms with Crippen LogP contribution in [0.4, 0.5) is 0 Å². The average molecular weight is 285 g/mol. The molecule has 3 nitrogen and oxygen atoms in total. The van der Waals surface area contributed by atoms with E-state index >= 15 is 0 Å². The fourth-order valence-electron chi connectivity index (χ4n) is 2.17. The molecule has 0 atom stereocenters. The maximum atomic E-state index is 5.71. The highest BCUT2D eigenvalue weighted by Crippen LogP contribution is 2.17. The minimum Gasteiger partial charge on any atom is -0.490 e. The molecule has 2 aromatic carbocycles. The zero-order chi connectivity index (χ0) is 14.9. The Balaban J connectivity index is 1.76. The second kappa shape index (κ2) is 8.32. The van der Waals surface area contributed by atoms with E-state index in [1.807, 2.05) is 36.4 Å². The molecule has 112 valence electrons. The molecule has 2 rings (SSSR count). The SMILES string of the molecule is CCCc1ccc(OCCOc2ccccc2CN)cc1. The van der Waals surface area contributed by atoms with Gasteiger partial charge in [0.1, 0.15) is 24.7 Å². The third kappa shape index (κ3) is 4.80. The van der Waals surface area contributed by atoms with Crippen molar-refractivity contribution < 1.29 is 9.47 Å². The highest BCUT2D eigenvalue weighted by molar-refractivity contribution is 5.33. The van der Waals surface area contributed by atoms with Crippen molar-refractivity contribution in [1.82, 2.24) is 0 Å². The molecule has 0 heterocycles. The lowest BCUT2D eigenvalue weighted by molar-refractivity contribution is 0.216. The molecule has 0 fully saturated rings. The average Bonchev–Trinajstić information content (AvgIpc) is 2.54. The predicted octanol–water partition coefficient (Wildman–Crippen LogP) is 3.56. The minimum atomic E-state index is 0.482. The van der Waals surface area contributed by atoms with Crippen LogP contribution in [0.5, 0.6) is 11.5 Å². The van der Waals surface area contributed by atoms with Crippen LogP contribution < -0.4 is 15.2 Å². The van der Waals surface area contributed by atoms with Gasteiger partial charge in [0.05, 0.1) is 0 Å². The molecule has 0 spiro atoms. The van der Waals surface area contributed by atoms with Crippen LogP contribution in [0.3, 0.4) is 0 Å². The van der Waals surface area contributed by atoms with Crippen molar-refractivity contribution in [2.24, 2.45) is 5.73 Å². The van der Waals surface area contributed by atoms with E-state index in [-0.39, 0.29) is 0 Å². The summed E-state index contributed by atoms with van der Waals surface area (Å²) >= 11 is 0. The highest BCUT2D eigenvalue weighted by atomic mass is 16.5. The molecule has 3 heteroatoms. The van der Waals surface area contributed by atoms with Gasteiger partial charge in [0.2, 0.25) is 0 Å². The van der Waals surface area contributed by atoms with Crippen LogP contribution in [0, 0.1) is 0 Å². The van der Waals surface area contributed by atoms with Crippen molar-refractivity contribution in [1.29, 1.82) is 0 Å². The van der Waals surface area contributed by atoms with Crippen LogP contribution in [0.2, 0.25) is 0 Å². The lowest BCUT2D eigenvalue weighted by Crippen LogP contribution is -2.10. The molecule has 2 aromatic rings. The van der Waals surface area contributed by atoms with Crippen molar-refractivity contribution in [2.75, 3.05) is 13.2 Å². The second-order valence-electron chi connectivity index (χ2n) is 4.90. The van der Waals surface area contributed by atoms with E-state index < -0.39 is 0 Å². The summed E-state index contributed by atoms with van der Waals surface area (Å²) in [6.45, 7) is 3.69. The Hall–Kier alpha value is -2.00. The van der Waals surface area contributed by atoms with Crippen molar-refractivity contribution in [3.05, 3.63) is 59.7 Å². The van der Waals surface area contributed by atoms with E-state index in [1.54, 1.807) is 0 Å². The normalized spacial score (nSPS) is 10.4. The van der Waals surface area contributed by atoms with Crippen molar-refractivity contribution in [3.8, 4) is 11.5 Å². The van der Waals surface area contributed by atoms with Gasteiger partial charge in [-0.05, 0) is 30.2 Å². The lowest BCUT2D eigenvalue weighted by atomic mass is 10.1. The first-order valence-electron chi connectivity index (χ1n) is 7.46. The van der Waals surface area contributed by atoms with Crippen LogP contribution in [0.15, 0.2) is 48.5 Å². The summed E-state index contributed by atoms with van der Waals surface area (Å²) in [4.78, 5) is 0. The molecule has 21 heavy (non-hydrogen) atoms. The number of hydrogen-bond donors (Lipinski definition) is 1. The van der Waals surface area contributed by atoms with Crippen LogP contribution in [0.25, 0.3) is 0 Å². The standard InChI is InChI=1S/C18H23NO2/c1-2-5-15-8-10-17(11-9-15)20-12-13-21-18-7-4-3-6-16(18)14-19/h3-4,6-11H,2,5,12-14,19H2,1H3. The summed E-state index contributed by atoms with van der Waals surface area (Å²) in [5.41, 5.74) is 8.03. The van der Waals surface area contributed by atoms with Gasteiger partial charge in [-0.25, -0.2) is 0 Å². The van der Waals surface area contributed by atoms with Crippen LogP contribution in [0.1, 0.15) is 24.5 Å². The molecule has 0 aromatic heterocycles. The monoisotopic (exact) mass is 285 g/mol. The number of para-hydroxylation sites is 1. The quantitative estimate of drug-likeness (QED) is 0.754. The summed E-state index contributed by atoms with van der Waals surface area (Å²) in [7, 11) is 0. The Bertz CT molecular complexity index is 537. The van der Waals surface area contributed by atoms with Gasteiger partial charge in [0.15, 0.2) is 0 Å². The summed E-state index contributed by atoms with van der Waals surface area (Å²) in [6, 6.07) is 16.1. The largest absolute Gasteiger partial charge is 0.490 e. The first kappa shape index (κ1) is 15.4. The maximum Gasteiger partial charge on any atom is 0.123 e. The molecule has 0 bridgehead atoms. The summed E-state index contributed by atoms with van der Waals surface area (Å²) < 4.78 is 11.4. The Morgan fingerprint density at radius 1 is 0.905 bits per heavy atom. The van der Waals surface area contributed by atoms with E-state index in [1.165, 1.54) is 5.56 Å². The molecular weight excluding hydrogens is 262 g/mol. The van der Waals surface area contributed by atoms with E-state index in [0.717, 1.165) is 29.9 Å². The Labute approximate surface area is 126 Å². The number of benzene rings is 2. The number of ether oxygens (including phenoxy) is 2. The fraction of sp³-hybridized carbons (Fsp3) is 0.333. The van der Waals surface area contributed by atoms with E-state index in [4.69, 9.17) is 15.2 Å². The summed E-state index contributed by atoms with van der Waals surface area (Å²) in [6.07, 6.45) is 2.27. The van der Waals surface area contributed by atoms with Crippen LogP contribution in [-0.4, -0.2) is 13.2 Å². The highest BCUT2D eigenvalue weighted by Gasteiger charge is 2.01. The maximum absolute atomic E-state index is 5.71. The summed E-state index contributed by atoms with van der Waals surface area (Å²) in [5, 5.41) is 0. The zero-order valence-corrected chi connectivity index (χ0v) is 12.5. The molecule has 0 amide bonds. The van der Waals surface area contributed by atoms with Crippen molar-refractivity contribution >= 4 is 0 Å². The number of nitrogens with two attached hydrogens (primary N) is 1. The third-order valence-electron chi connectivity index (χ3n) is 3.26. The Morgan fingerprint density at radius 2 is 1.62 bits per heavy atom. The molecule has 0 aliphatic rings. The van der Waals surface area contributed by atoms with Crippen LogP contribution >= 0.6 is 0 Å². The number of rotatable bonds is 8. The van der Waals surface area contributed by atoms with Gasteiger partial charge in [-0.1, -0.05) is 43.7 Å². The first-order chi connectivity index (χ1) is 10.3. The fourth-order valence-corrected chi connectivity index (χ4v) is 2.17. The molecule has 0 aliphatic carbocycles. The zero-order valence-electron chi connectivity index (χ0n) is 12.5. The van der Waals surface area contributed by atoms with Crippen molar-refractivity contribution in [2.45, 2.75) is 26.3 Å². The van der Waals surface area contributed by atoms with Gasteiger partial charge in [0.25, 0.3) is 0 Å². The molecule has 0 saturated heterocycles. The predicted molar refractivity (Wildman–Crippen MR) is 85.8 cm³/mol. The molecule has 0 radical (unpaired) electrons.